The van der Waals surface area contributed by atoms with E-state index in [1.807, 2.05) is 24.3 Å². The van der Waals surface area contributed by atoms with Gasteiger partial charge in [-0.05, 0) is 23.3 Å². The van der Waals surface area contributed by atoms with Gasteiger partial charge in [0.05, 0.1) is 0 Å². The maximum Gasteiger partial charge on any atom is 0.262 e. The minimum Gasteiger partial charge on any atom is -0.507 e. The minimum absolute atomic E-state index is 0.0321. The van der Waals surface area contributed by atoms with Crippen molar-refractivity contribution in [1.82, 2.24) is 4.90 Å². The number of fused-ring (bicyclic) bond motifs is 1. The second-order valence-corrected chi connectivity index (χ2v) is 4.60. The molecule has 96 valence electrons. The normalized spacial score (nSPS) is 13.4. The van der Waals surface area contributed by atoms with Crippen LogP contribution < -0.4 is 0 Å². The smallest absolute Gasteiger partial charge is 0.262 e. The van der Waals surface area contributed by atoms with E-state index in [0.29, 0.717) is 13.1 Å². The Kier molecular flexibility index (Phi) is 2.63. The van der Waals surface area contributed by atoms with Crippen LogP contribution in [0.4, 0.5) is 0 Å². The summed E-state index contributed by atoms with van der Waals surface area (Å²) in [6, 6.07) is 12.1. The summed E-state index contributed by atoms with van der Waals surface area (Å²) in [4.78, 5) is 14.0. The fourth-order valence-electron chi connectivity index (χ4n) is 2.38. The average Bonchev–Trinajstić information content (AvgIpc) is 2.82. The van der Waals surface area contributed by atoms with E-state index in [0.717, 1.165) is 11.1 Å². The van der Waals surface area contributed by atoms with Gasteiger partial charge in [0.25, 0.3) is 5.91 Å². The Morgan fingerprint density at radius 2 is 1.42 bits per heavy atom. The van der Waals surface area contributed by atoms with Gasteiger partial charge in [0.15, 0.2) is 0 Å². The van der Waals surface area contributed by atoms with Crippen molar-refractivity contribution in [3.05, 3.63) is 59.2 Å². The highest BCUT2D eigenvalue weighted by atomic mass is 16.3. The second-order valence-electron chi connectivity index (χ2n) is 4.60. The Labute approximate surface area is 110 Å². The number of phenolic OH excluding ortho intramolecular Hbond substituents is 2. The molecule has 3 rings (SSSR count). The van der Waals surface area contributed by atoms with E-state index < -0.39 is 0 Å². The predicted molar refractivity (Wildman–Crippen MR) is 69.8 cm³/mol. The molecular formula is C15H13NO3. The number of aromatic hydroxyl groups is 2. The molecule has 1 amide bonds. The first kappa shape index (κ1) is 11.6. The van der Waals surface area contributed by atoms with E-state index in [1.54, 1.807) is 4.90 Å². The SMILES string of the molecule is O=C(c1c(O)cccc1O)N1Cc2ccccc2C1. The standard InChI is InChI=1S/C15H13NO3/c17-12-6-3-7-13(18)14(12)15(19)16-8-10-4-1-2-5-11(10)9-16/h1-7,17-18H,8-9H2. The topological polar surface area (TPSA) is 60.8 Å². The van der Waals surface area contributed by atoms with Crippen LogP contribution in [0.15, 0.2) is 42.5 Å². The average molecular weight is 255 g/mol. The number of hydrogen-bond acceptors (Lipinski definition) is 3. The molecule has 4 heteroatoms. The molecule has 2 N–H and O–H groups in total. The molecule has 0 bridgehead atoms. The van der Waals surface area contributed by atoms with Crippen LogP contribution in [0.1, 0.15) is 21.5 Å². The molecule has 4 nitrogen and oxygen atoms in total. The lowest BCUT2D eigenvalue weighted by Crippen LogP contribution is -2.25. The number of nitrogens with zero attached hydrogens (tertiary/aromatic N) is 1. The fourth-order valence-corrected chi connectivity index (χ4v) is 2.38. The number of benzene rings is 2. The Morgan fingerprint density at radius 1 is 0.895 bits per heavy atom. The van der Waals surface area contributed by atoms with Crippen molar-refractivity contribution >= 4 is 5.91 Å². The lowest BCUT2D eigenvalue weighted by molar-refractivity contribution is 0.0745. The number of rotatable bonds is 1. The first-order valence-corrected chi connectivity index (χ1v) is 6.04. The summed E-state index contributed by atoms with van der Waals surface area (Å²) in [6.45, 7) is 1.01. The maximum atomic E-state index is 12.4. The molecular weight excluding hydrogens is 242 g/mol. The Morgan fingerprint density at radius 3 is 1.95 bits per heavy atom. The largest absolute Gasteiger partial charge is 0.507 e. The minimum atomic E-state index is -0.355. The van der Waals surface area contributed by atoms with Crippen LogP contribution in [0.2, 0.25) is 0 Å². The van der Waals surface area contributed by atoms with Crippen molar-refractivity contribution in [2.75, 3.05) is 0 Å². The molecule has 0 aliphatic carbocycles. The highest BCUT2D eigenvalue weighted by Gasteiger charge is 2.27. The van der Waals surface area contributed by atoms with Crippen molar-refractivity contribution in [1.29, 1.82) is 0 Å². The summed E-state index contributed by atoms with van der Waals surface area (Å²) in [6.07, 6.45) is 0. The summed E-state index contributed by atoms with van der Waals surface area (Å²) >= 11 is 0. The first-order valence-electron chi connectivity index (χ1n) is 6.04. The molecule has 0 radical (unpaired) electrons. The summed E-state index contributed by atoms with van der Waals surface area (Å²) in [5, 5.41) is 19.5. The highest BCUT2D eigenvalue weighted by molar-refractivity contribution is 5.99. The number of carbonyl (C=O) groups is 1. The molecule has 0 saturated heterocycles. The molecule has 1 aliphatic heterocycles. The Bertz CT molecular complexity index is 606. The number of amides is 1. The quantitative estimate of drug-likeness (QED) is 0.821. The van der Waals surface area contributed by atoms with Gasteiger partial charge in [-0.3, -0.25) is 4.79 Å². The van der Waals surface area contributed by atoms with Crippen molar-refractivity contribution in [3.63, 3.8) is 0 Å². The van der Waals surface area contributed by atoms with Gasteiger partial charge in [0.2, 0.25) is 0 Å². The van der Waals surface area contributed by atoms with Crippen molar-refractivity contribution in [2.24, 2.45) is 0 Å². The first-order chi connectivity index (χ1) is 9.16. The summed E-state index contributed by atoms with van der Waals surface area (Å²) in [7, 11) is 0. The van der Waals surface area contributed by atoms with E-state index in [-0.39, 0.29) is 23.0 Å². The molecule has 2 aromatic carbocycles. The summed E-state index contributed by atoms with van der Waals surface area (Å²) < 4.78 is 0. The molecule has 0 saturated carbocycles. The Hall–Kier alpha value is -2.49. The molecule has 2 aromatic rings. The molecule has 19 heavy (non-hydrogen) atoms. The van der Waals surface area contributed by atoms with E-state index in [2.05, 4.69) is 0 Å². The van der Waals surface area contributed by atoms with E-state index >= 15 is 0 Å². The van der Waals surface area contributed by atoms with Crippen LogP contribution in [0.3, 0.4) is 0 Å². The van der Waals surface area contributed by atoms with E-state index in [1.165, 1.54) is 18.2 Å². The summed E-state index contributed by atoms with van der Waals surface area (Å²) in [5.41, 5.74) is 2.17. The van der Waals surface area contributed by atoms with Crippen LogP contribution in [0.25, 0.3) is 0 Å². The van der Waals surface area contributed by atoms with Crippen LogP contribution in [-0.2, 0) is 13.1 Å². The van der Waals surface area contributed by atoms with Gasteiger partial charge in [-0.15, -0.1) is 0 Å². The predicted octanol–water partition coefficient (Wildman–Crippen LogP) is 2.25. The molecule has 1 aliphatic rings. The number of hydrogen-bond donors (Lipinski definition) is 2. The number of carbonyl (C=O) groups excluding carboxylic acids is 1. The van der Waals surface area contributed by atoms with Gasteiger partial charge < -0.3 is 15.1 Å². The van der Waals surface area contributed by atoms with Crippen molar-refractivity contribution in [3.8, 4) is 11.5 Å². The van der Waals surface area contributed by atoms with Gasteiger partial charge in [0.1, 0.15) is 17.1 Å². The zero-order valence-electron chi connectivity index (χ0n) is 10.2. The van der Waals surface area contributed by atoms with Crippen LogP contribution in [-0.4, -0.2) is 21.0 Å². The van der Waals surface area contributed by atoms with Gasteiger partial charge >= 0.3 is 0 Å². The van der Waals surface area contributed by atoms with Crippen LogP contribution in [0, 0.1) is 0 Å². The van der Waals surface area contributed by atoms with E-state index in [9.17, 15) is 15.0 Å². The third-order valence-electron chi connectivity index (χ3n) is 3.36. The van der Waals surface area contributed by atoms with Crippen LogP contribution >= 0.6 is 0 Å². The molecule has 0 unspecified atom stereocenters. The third-order valence-corrected chi connectivity index (χ3v) is 3.36. The van der Waals surface area contributed by atoms with Gasteiger partial charge in [-0.2, -0.15) is 0 Å². The number of phenols is 2. The van der Waals surface area contributed by atoms with Gasteiger partial charge in [-0.25, -0.2) is 0 Å². The molecule has 0 fully saturated rings. The highest BCUT2D eigenvalue weighted by Crippen LogP contribution is 2.31. The summed E-state index contributed by atoms with van der Waals surface area (Å²) in [5.74, 6) is -0.742. The van der Waals surface area contributed by atoms with E-state index in [4.69, 9.17) is 0 Å². The second kappa shape index (κ2) is 4.31. The molecule has 0 atom stereocenters. The fraction of sp³-hybridized carbons (Fsp3) is 0.133. The molecule has 1 heterocycles. The zero-order valence-corrected chi connectivity index (χ0v) is 10.2. The van der Waals surface area contributed by atoms with Crippen molar-refractivity contribution < 1.29 is 15.0 Å². The lowest BCUT2D eigenvalue weighted by atomic mass is 10.1. The third kappa shape index (κ3) is 1.91. The van der Waals surface area contributed by atoms with Gasteiger partial charge in [-0.1, -0.05) is 30.3 Å². The molecule has 0 spiro atoms. The van der Waals surface area contributed by atoms with Gasteiger partial charge in [0, 0.05) is 13.1 Å². The monoisotopic (exact) mass is 255 g/mol. The van der Waals surface area contributed by atoms with Crippen molar-refractivity contribution in [2.45, 2.75) is 13.1 Å². The lowest BCUT2D eigenvalue weighted by Gasteiger charge is -2.16. The van der Waals surface area contributed by atoms with Crippen LogP contribution in [0.5, 0.6) is 11.5 Å². The zero-order chi connectivity index (χ0) is 13.4. The maximum absolute atomic E-state index is 12.4. The Balaban J connectivity index is 1.92. The molecule has 0 aromatic heterocycles.